The van der Waals surface area contributed by atoms with E-state index in [0.717, 1.165) is 35.2 Å². The molecule has 4 heterocycles. The minimum absolute atomic E-state index is 0.0326. The van der Waals surface area contributed by atoms with Crippen LogP contribution in [0.1, 0.15) is 23.2 Å². The fourth-order valence-electron chi connectivity index (χ4n) is 4.90. The van der Waals surface area contributed by atoms with E-state index in [1.165, 1.54) is 0 Å². The largest absolute Gasteiger partial charge is 0.507 e. The van der Waals surface area contributed by atoms with Gasteiger partial charge in [-0.05, 0) is 60.2 Å². The molecule has 1 fully saturated rings. The van der Waals surface area contributed by atoms with Gasteiger partial charge in [-0.1, -0.05) is 6.07 Å². The number of rotatable bonds is 6. The maximum Gasteiger partial charge on any atom is 0.253 e. The van der Waals surface area contributed by atoms with Crippen LogP contribution in [0.5, 0.6) is 17.4 Å². The molecule has 1 saturated heterocycles. The summed E-state index contributed by atoms with van der Waals surface area (Å²) >= 11 is 0. The molecular weight excluding hydrogens is 494 g/mol. The van der Waals surface area contributed by atoms with Crippen LogP contribution in [-0.4, -0.2) is 62.2 Å². The molecule has 3 aromatic heterocycles. The predicted octanol–water partition coefficient (Wildman–Crippen LogP) is 5.08. The number of aromatic amines is 1. The van der Waals surface area contributed by atoms with Crippen molar-refractivity contribution >= 4 is 16.9 Å². The van der Waals surface area contributed by atoms with Gasteiger partial charge in [0.2, 0.25) is 5.88 Å². The number of phenols is 1. The normalized spacial score (nSPS) is 13.9. The summed E-state index contributed by atoms with van der Waals surface area (Å²) in [6, 6.07) is 18.2. The minimum atomic E-state index is -0.0326. The van der Waals surface area contributed by atoms with Crippen molar-refractivity contribution < 1.29 is 19.4 Å². The first-order chi connectivity index (χ1) is 19.1. The Labute approximate surface area is 225 Å². The zero-order valence-electron chi connectivity index (χ0n) is 21.4. The number of amides is 1. The van der Waals surface area contributed by atoms with Gasteiger partial charge in [-0.25, -0.2) is 9.97 Å². The molecule has 2 aromatic carbocycles. The number of benzene rings is 2. The van der Waals surface area contributed by atoms with Crippen LogP contribution in [0.2, 0.25) is 0 Å². The molecule has 1 amide bonds. The molecule has 0 atom stereocenters. The number of aromatic hydroxyl groups is 1. The first-order valence-electron chi connectivity index (χ1n) is 12.8. The monoisotopic (exact) mass is 521 g/mol. The number of hydrogen-bond acceptors (Lipinski definition) is 7. The van der Waals surface area contributed by atoms with Crippen LogP contribution in [0.4, 0.5) is 0 Å². The molecule has 1 aliphatic rings. The average Bonchev–Trinajstić information content (AvgIpc) is 3.41. The van der Waals surface area contributed by atoms with Crippen molar-refractivity contribution in [3.8, 4) is 39.9 Å². The summed E-state index contributed by atoms with van der Waals surface area (Å²) in [6.07, 6.45) is 6.66. The molecule has 0 unspecified atom stereocenters. The molecule has 196 valence electrons. The van der Waals surface area contributed by atoms with Gasteiger partial charge in [0.25, 0.3) is 5.91 Å². The minimum Gasteiger partial charge on any atom is -0.507 e. The zero-order valence-corrected chi connectivity index (χ0v) is 21.4. The van der Waals surface area contributed by atoms with Crippen LogP contribution in [0.25, 0.3) is 33.5 Å². The average molecular weight is 522 g/mol. The van der Waals surface area contributed by atoms with E-state index in [-0.39, 0.29) is 17.8 Å². The van der Waals surface area contributed by atoms with E-state index in [1.807, 2.05) is 53.4 Å². The highest BCUT2D eigenvalue weighted by Gasteiger charge is 2.25. The molecule has 1 aliphatic heterocycles. The summed E-state index contributed by atoms with van der Waals surface area (Å²) in [5.74, 6) is 1.81. The second kappa shape index (κ2) is 10.4. The lowest BCUT2D eigenvalue weighted by Gasteiger charge is -2.32. The molecule has 9 nitrogen and oxygen atoms in total. The van der Waals surface area contributed by atoms with Crippen LogP contribution in [-0.2, 0) is 0 Å². The summed E-state index contributed by atoms with van der Waals surface area (Å²) in [4.78, 5) is 31.5. The predicted molar refractivity (Wildman–Crippen MR) is 147 cm³/mol. The SMILES string of the molecule is COc1ncccc1-c1ccc(O)c(-c2nc3cc(C(=O)N4CCC(Oc5cccnc5)CC4)ccc3[nH]2)c1. The number of hydrogen-bond donors (Lipinski definition) is 2. The van der Waals surface area contributed by atoms with E-state index >= 15 is 0 Å². The van der Waals surface area contributed by atoms with Gasteiger partial charge in [0.1, 0.15) is 23.4 Å². The third kappa shape index (κ3) is 4.98. The molecular formula is C30H27N5O4. The fraction of sp³-hybridized carbons (Fsp3) is 0.200. The Morgan fingerprint density at radius 3 is 2.67 bits per heavy atom. The number of carbonyl (C=O) groups excluding carboxylic acids is 1. The smallest absolute Gasteiger partial charge is 0.253 e. The first kappa shape index (κ1) is 24.4. The highest BCUT2D eigenvalue weighted by Crippen LogP contribution is 2.36. The highest BCUT2D eigenvalue weighted by atomic mass is 16.5. The molecule has 39 heavy (non-hydrogen) atoms. The van der Waals surface area contributed by atoms with Gasteiger partial charge < -0.3 is 24.5 Å². The van der Waals surface area contributed by atoms with Gasteiger partial charge in [-0.3, -0.25) is 9.78 Å². The summed E-state index contributed by atoms with van der Waals surface area (Å²) < 4.78 is 11.4. The Balaban J connectivity index is 1.20. The summed E-state index contributed by atoms with van der Waals surface area (Å²) in [5.41, 5.74) is 4.17. The fourth-order valence-corrected chi connectivity index (χ4v) is 4.90. The number of imidazole rings is 1. The van der Waals surface area contributed by atoms with Crippen LogP contribution < -0.4 is 9.47 Å². The van der Waals surface area contributed by atoms with Crippen molar-refractivity contribution in [2.75, 3.05) is 20.2 Å². The number of piperidine rings is 1. The molecule has 2 N–H and O–H groups in total. The lowest BCUT2D eigenvalue weighted by atomic mass is 10.0. The number of phenolic OH excluding ortho intramolecular Hbond substituents is 1. The Morgan fingerprint density at radius 2 is 1.87 bits per heavy atom. The number of methoxy groups -OCH3 is 1. The van der Waals surface area contributed by atoms with E-state index in [0.29, 0.717) is 41.4 Å². The maximum absolute atomic E-state index is 13.3. The molecule has 0 saturated carbocycles. The lowest BCUT2D eigenvalue weighted by molar-refractivity contribution is 0.0595. The van der Waals surface area contributed by atoms with Crippen LogP contribution in [0.3, 0.4) is 0 Å². The number of carbonyl (C=O) groups is 1. The topological polar surface area (TPSA) is 113 Å². The van der Waals surface area contributed by atoms with Gasteiger partial charge in [-0.15, -0.1) is 0 Å². The third-order valence-electron chi connectivity index (χ3n) is 6.92. The van der Waals surface area contributed by atoms with E-state index in [1.54, 1.807) is 37.8 Å². The molecule has 0 radical (unpaired) electrons. The number of ether oxygens (including phenoxy) is 2. The van der Waals surface area contributed by atoms with Crippen LogP contribution in [0, 0.1) is 0 Å². The van der Waals surface area contributed by atoms with E-state index in [2.05, 4.69) is 15.0 Å². The van der Waals surface area contributed by atoms with Gasteiger partial charge in [0, 0.05) is 49.5 Å². The number of fused-ring (bicyclic) bond motifs is 1. The van der Waals surface area contributed by atoms with Crippen molar-refractivity contribution in [2.24, 2.45) is 0 Å². The standard InChI is InChI=1S/C30H27N5O4/c1-38-29-23(5-3-13-32-29)19-7-9-27(36)24(16-19)28-33-25-8-6-20(17-26(25)34-28)30(37)35-14-10-21(11-15-35)39-22-4-2-12-31-18-22/h2-9,12-13,16-18,21,36H,10-11,14-15H2,1H3,(H,33,34). The number of nitrogens with zero attached hydrogens (tertiary/aromatic N) is 4. The van der Waals surface area contributed by atoms with Gasteiger partial charge >= 0.3 is 0 Å². The molecule has 0 spiro atoms. The quantitative estimate of drug-likeness (QED) is 0.320. The van der Waals surface area contributed by atoms with Crippen molar-refractivity contribution in [2.45, 2.75) is 18.9 Å². The van der Waals surface area contributed by atoms with E-state index in [9.17, 15) is 9.90 Å². The van der Waals surface area contributed by atoms with Crippen molar-refractivity contribution in [3.05, 3.63) is 84.8 Å². The lowest BCUT2D eigenvalue weighted by Crippen LogP contribution is -2.41. The zero-order chi connectivity index (χ0) is 26.8. The second-order valence-corrected chi connectivity index (χ2v) is 9.41. The number of nitrogens with one attached hydrogen (secondary N) is 1. The Kier molecular flexibility index (Phi) is 6.54. The summed E-state index contributed by atoms with van der Waals surface area (Å²) in [6.45, 7) is 1.23. The van der Waals surface area contributed by atoms with Crippen LogP contribution in [0.15, 0.2) is 79.3 Å². The second-order valence-electron chi connectivity index (χ2n) is 9.41. The molecule has 6 rings (SSSR count). The Bertz CT molecular complexity index is 1630. The first-order valence-corrected chi connectivity index (χ1v) is 12.8. The maximum atomic E-state index is 13.3. The Morgan fingerprint density at radius 1 is 1.03 bits per heavy atom. The van der Waals surface area contributed by atoms with Gasteiger partial charge in [0.15, 0.2) is 0 Å². The third-order valence-corrected chi connectivity index (χ3v) is 6.92. The number of H-pyrrole nitrogens is 1. The molecule has 9 heteroatoms. The molecule has 0 bridgehead atoms. The van der Waals surface area contributed by atoms with Gasteiger partial charge in [-0.2, -0.15) is 0 Å². The number of aromatic nitrogens is 4. The van der Waals surface area contributed by atoms with Gasteiger partial charge in [0.05, 0.1) is 29.9 Å². The van der Waals surface area contributed by atoms with Crippen LogP contribution >= 0.6 is 0 Å². The van der Waals surface area contributed by atoms with Crippen molar-refractivity contribution in [3.63, 3.8) is 0 Å². The summed E-state index contributed by atoms with van der Waals surface area (Å²) in [7, 11) is 1.57. The highest BCUT2D eigenvalue weighted by molar-refractivity contribution is 5.98. The van der Waals surface area contributed by atoms with Crippen molar-refractivity contribution in [1.29, 1.82) is 0 Å². The van der Waals surface area contributed by atoms with E-state index < -0.39 is 0 Å². The Hall–Kier alpha value is -4.92. The van der Waals surface area contributed by atoms with E-state index in [4.69, 9.17) is 14.5 Å². The number of pyridine rings is 2. The molecule has 0 aliphatic carbocycles. The van der Waals surface area contributed by atoms with Crippen molar-refractivity contribution in [1.82, 2.24) is 24.8 Å². The number of likely N-dealkylation sites (tertiary alicyclic amines) is 1. The molecule has 5 aromatic rings. The summed E-state index contributed by atoms with van der Waals surface area (Å²) in [5, 5.41) is 10.6.